The number of carbonyl (C=O) groups is 1. The first kappa shape index (κ1) is 24.3. The molecule has 1 aliphatic rings. The summed E-state index contributed by atoms with van der Waals surface area (Å²) in [6.07, 6.45) is 0.0970. The first-order valence-electron chi connectivity index (χ1n) is 11.2. The van der Waals surface area contributed by atoms with Crippen molar-refractivity contribution in [2.45, 2.75) is 12.5 Å². The van der Waals surface area contributed by atoms with Crippen molar-refractivity contribution in [3.05, 3.63) is 64.3 Å². The van der Waals surface area contributed by atoms with Crippen molar-refractivity contribution in [1.29, 1.82) is 0 Å². The highest BCUT2D eigenvalue weighted by molar-refractivity contribution is 6.31. The minimum atomic E-state index is -0.721. The van der Waals surface area contributed by atoms with Gasteiger partial charge in [0.25, 0.3) is 0 Å². The highest BCUT2D eigenvalue weighted by Gasteiger charge is 2.35. The van der Waals surface area contributed by atoms with Crippen LogP contribution in [0.2, 0.25) is 5.02 Å². The summed E-state index contributed by atoms with van der Waals surface area (Å²) in [6.45, 7) is 1.40. The van der Waals surface area contributed by atoms with Gasteiger partial charge in [0.2, 0.25) is 0 Å². The van der Waals surface area contributed by atoms with Crippen molar-refractivity contribution in [3.8, 4) is 5.75 Å². The highest BCUT2D eigenvalue weighted by atomic mass is 35.5. The Kier molecular flexibility index (Phi) is 8.26. The fourth-order valence-corrected chi connectivity index (χ4v) is 4.39. The van der Waals surface area contributed by atoms with Crippen LogP contribution in [-0.2, 0) is 20.6 Å². The SMILES string of the molecule is COCCOCCOc1ccc(C2c3[nH]c4ccc(Cl)cc4c3CCN2C(=O)OCCF)cc1. The van der Waals surface area contributed by atoms with E-state index in [2.05, 4.69) is 4.98 Å². The number of aromatic nitrogens is 1. The van der Waals surface area contributed by atoms with Gasteiger partial charge in [0.05, 0.1) is 19.8 Å². The standard InChI is InChI=1S/C25H28ClFN2O5/c1-31-12-13-32-14-15-33-19-5-2-17(3-6-19)24-23-20(8-10-29(24)25(30)34-11-9-27)21-16-18(26)4-7-22(21)28-23/h2-7,16,24,28H,8-15H2,1H3. The van der Waals surface area contributed by atoms with Crippen molar-refractivity contribution in [2.75, 3.05) is 53.4 Å². The largest absolute Gasteiger partial charge is 0.491 e. The molecule has 0 fully saturated rings. The first-order chi connectivity index (χ1) is 16.6. The molecule has 0 saturated heterocycles. The quantitative estimate of drug-likeness (QED) is 0.408. The van der Waals surface area contributed by atoms with Crippen LogP contribution in [0.4, 0.5) is 9.18 Å². The van der Waals surface area contributed by atoms with E-state index in [-0.39, 0.29) is 6.61 Å². The Hall–Kier alpha value is -2.81. The summed E-state index contributed by atoms with van der Waals surface area (Å²) in [4.78, 5) is 17.9. The number of halogens is 2. The van der Waals surface area contributed by atoms with Gasteiger partial charge in [-0.2, -0.15) is 0 Å². The van der Waals surface area contributed by atoms with Crippen LogP contribution in [0.15, 0.2) is 42.5 Å². The maximum absolute atomic E-state index is 12.8. The summed E-state index contributed by atoms with van der Waals surface area (Å²) in [5.41, 5.74) is 3.86. The van der Waals surface area contributed by atoms with Crippen LogP contribution in [0.5, 0.6) is 5.75 Å². The number of amides is 1. The number of hydrogen-bond donors (Lipinski definition) is 1. The average molecular weight is 491 g/mol. The molecule has 2 aromatic carbocycles. The molecule has 34 heavy (non-hydrogen) atoms. The molecule has 1 aliphatic heterocycles. The van der Waals surface area contributed by atoms with Crippen LogP contribution in [0.1, 0.15) is 22.9 Å². The molecular weight excluding hydrogens is 463 g/mol. The molecule has 0 bridgehead atoms. The van der Waals surface area contributed by atoms with Crippen LogP contribution < -0.4 is 4.74 Å². The molecule has 0 aliphatic carbocycles. The summed E-state index contributed by atoms with van der Waals surface area (Å²) >= 11 is 6.24. The zero-order chi connectivity index (χ0) is 23.9. The van der Waals surface area contributed by atoms with Gasteiger partial charge in [0, 0.05) is 35.3 Å². The van der Waals surface area contributed by atoms with E-state index in [9.17, 15) is 9.18 Å². The molecule has 2 heterocycles. The number of nitrogens with one attached hydrogen (secondary N) is 1. The normalized spacial score (nSPS) is 15.4. The van der Waals surface area contributed by atoms with Gasteiger partial charge in [-0.3, -0.25) is 4.90 Å². The second kappa shape index (κ2) is 11.6. The van der Waals surface area contributed by atoms with E-state index in [1.807, 2.05) is 42.5 Å². The lowest BCUT2D eigenvalue weighted by atomic mass is 9.92. The Morgan fingerprint density at radius 1 is 1.12 bits per heavy atom. The smallest absolute Gasteiger partial charge is 0.410 e. The van der Waals surface area contributed by atoms with E-state index >= 15 is 0 Å². The van der Waals surface area contributed by atoms with Crippen LogP contribution in [0.3, 0.4) is 0 Å². The zero-order valence-electron chi connectivity index (χ0n) is 19.0. The number of nitrogens with zero attached hydrogens (tertiary/aromatic N) is 1. The van der Waals surface area contributed by atoms with Crippen molar-refractivity contribution in [1.82, 2.24) is 9.88 Å². The van der Waals surface area contributed by atoms with Crippen molar-refractivity contribution in [3.63, 3.8) is 0 Å². The summed E-state index contributed by atoms with van der Waals surface area (Å²) in [5, 5.41) is 1.70. The number of fused-ring (bicyclic) bond motifs is 3. The number of H-pyrrole nitrogens is 1. The van der Waals surface area contributed by atoms with Gasteiger partial charge in [-0.05, 0) is 47.9 Å². The van der Waals surface area contributed by atoms with E-state index in [0.29, 0.717) is 50.2 Å². The van der Waals surface area contributed by atoms with Crippen molar-refractivity contribution in [2.24, 2.45) is 0 Å². The summed E-state index contributed by atoms with van der Waals surface area (Å²) in [6, 6.07) is 12.9. The van der Waals surface area contributed by atoms with Gasteiger partial charge in [0.15, 0.2) is 0 Å². The second-order valence-corrected chi connectivity index (χ2v) is 8.32. The molecule has 1 amide bonds. The Morgan fingerprint density at radius 3 is 2.68 bits per heavy atom. The Balaban J connectivity index is 1.57. The Bertz CT molecular complexity index is 1100. The fraction of sp³-hybridized carbons (Fsp3) is 0.400. The Labute approximate surface area is 202 Å². The van der Waals surface area contributed by atoms with E-state index in [1.165, 1.54) is 0 Å². The van der Waals surface area contributed by atoms with Gasteiger partial charge in [-0.1, -0.05) is 23.7 Å². The van der Waals surface area contributed by atoms with Crippen LogP contribution in [0.25, 0.3) is 10.9 Å². The van der Waals surface area contributed by atoms with Crippen molar-refractivity contribution >= 4 is 28.6 Å². The molecule has 3 aromatic rings. The first-order valence-corrected chi connectivity index (χ1v) is 11.6. The third kappa shape index (κ3) is 5.46. The number of alkyl halides is 1. The summed E-state index contributed by atoms with van der Waals surface area (Å²) < 4.78 is 33.9. The van der Waals surface area contributed by atoms with E-state index in [4.69, 9.17) is 30.5 Å². The van der Waals surface area contributed by atoms with Crippen LogP contribution in [-0.4, -0.2) is 69.3 Å². The highest BCUT2D eigenvalue weighted by Crippen LogP contribution is 2.39. The fourth-order valence-electron chi connectivity index (χ4n) is 4.22. The minimum Gasteiger partial charge on any atom is -0.491 e. The molecule has 1 atom stereocenters. The maximum Gasteiger partial charge on any atom is 0.410 e. The molecule has 7 nitrogen and oxygen atoms in total. The molecule has 182 valence electrons. The number of rotatable bonds is 10. The molecule has 1 unspecified atom stereocenters. The van der Waals surface area contributed by atoms with Gasteiger partial charge < -0.3 is 23.9 Å². The monoisotopic (exact) mass is 490 g/mol. The number of hydrogen-bond acceptors (Lipinski definition) is 5. The number of aromatic amines is 1. The zero-order valence-corrected chi connectivity index (χ0v) is 19.8. The number of carbonyl (C=O) groups excluding carboxylic acids is 1. The van der Waals surface area contributed by atoms with Gasteiger partial charge in [-0.25, -0.2) is 9.18 Å². The van der Waals surface area contributed by atoms with E-state index in [1.54, 1.807) is 12.0 Å². The lowest BCUT2D eigenvalue weighted by molar-refractivity contribution is 0.0544. The topological polar surface area (TPSA) is 73.0 Å². The summed E-state index contributed by atoms with van der Waals surface area (Å²) in [7, 11) is 1.63. The van der Waals surface area contributed by atoms with E-state index < -0.39 is 18.8 Å². The molecule has 0 spiro atoms. The third-order valence-electron chi connectivity index (χ3n) is 5.75. The van der Waals surface area contributed by atoms with Crippen molar-refractivity contribution < 1.29 is 28.1 Å². The predicted octanol–water partition coefficient (Wildman–Crippen LogP) is 4.92. The molecule has 0 saturated carbocycles. The predicted molar refractivity (Wildman–Crippen MR) is 128 cm³/mol. The summed E-state index contributed by atoms with van der Waals surface area (Å²) in [5.74, 6) is 0.699. The lowest BCUT2D eigenvalue weighted by Gasteiger charge is -2.35. The number of methoxy groups -OCH3 is 1. The van der Waals surface area contributed by atoms with Crippen LogP contribution in [0, 0.1) is 0 Å². The Morgan fingerprint density at radius 2 is 1.91 bits per heavy atom. The molecule has 0 radical (unpaired) electrons. The number of benzene rings is 2. The minimum absolute atomic E-state index is 0.267. The molecular formula is C25H28ClFN2O5. The maximum atomic E-state index is 12.8. The van der Waals surface area contributed by atoms with E-state index in [0.717, 1.165) is 27.7 Å². The van der Waals surface area contributed by atoms with Gasteiger partial charge in [0.1, 0.15) is 31.7 Å². The molecule has 9 heteroatoms. The second-order valence-electron chi connectivity index (χ2n) is 7.88. The average Bonchev–Trinajstić information content (AvgIpc) is 3.22. The van der Waals surface area contributed by atoms with Gasteiger partial charge in [-0.15, -0.1) is 0 Å². The number of ether oxygens (including phenoxy) is 4. The molecule has 4 rings (SSSR count). The van der Waals surface area contributed by atoms with Gasteiger partial charge >= 0.3 is 6.09 Å². The van der Waals surface area contributed by atoms with Crippen LogP contribution >= 0.6 is 11.6 Å². The lowest BCUT2D eigenvalue weighted by Crippen LogP contribution is -2.41. The molecule has 1 N–H and O–H groups in total. The third-order valence-corrected chi connectivity index (χ3v) is 5.99. The molecule has 1 aromatic heterocycles.